The molecule has 0 bridgehead atoms. The molecule has 0 saturated carbocycles. The largest absolute Gasteiger partial charge is 0.310 e. The summed E-state index contributed by atoms with van der Waals surface area (Å²) >= 11 is 0. The van der Waals surface area contributed by atoms with Gasteiger partial charge >= 0.3 is 0 Å². The lowest BCUT2D eigenvalue weighted by Gasteiger charge is -2.34. The van der Waals surface area contributed by atoms with Crippen molar-refractivity contribution in [2.24, 2.45) is 0 Å². The second-order valence-electron chi connectivity index (χ2n) is 14.1. The fraction of sp³-hybridized carbons (Fsp3) is 0.0189. The van der Waals surface area contributed by atoms with Crippen LogP contribution in [0.25, 0.3) is 44.2 Å². The Morgan fingerprint density at radius 1 is 0.333 bits per heavy atom. The molecule has 0 aromatic heterocycles. The molecule has 0 amide bonds. The number of anilines is 3. The standard InChI is InChI=1S/C53H37N/c1-5-18-39(19-6-1)48-37-41(36-40-20-13-14-27-46(40)48)38-32-34-45(35-33-38)54(44-25-11-4-12-26-44)51-31-17-30-50-52(51)47-28-15-16-29-49(47)53(50,42-21-7-2-8-22-42)43-23-9-3-10-24-43/h1-37H. The van der Waals surface area contributed by atoms with E-state index in [0.717, 1.165) is 17.1 Å². The summed E-state index contributed by atoms with van der Waals surface area (Å²) < 4.78 is 0. The summed E-state index contributed by atoms with van der Waals surface area (Å²) in [5.74, 6) is 0. The molecule has 9 aromatic carbocycles. The third kappa shape index (κ3) is 5.09. The summed E-state index contributed by atoms with van der Waals surface area (Å²) in [6.45, 7) is 0. The maximum atomic E-state index is 2.43. The molecule has 0 spiro atoms. The summed E-state index contributed by atoms with van der Waals surface area (Å²) in [5.41, 5.74) is 15.4. The van der Waals surface area contributed by atoms with E-state index in [4.69, 9.17) is 0 Å². The third-order valence-corrected chi connectivity index (χ3v) is 11.1. The summed E-state index contributed by atoms with van der Waals surface area (Å²) in [6.07, 6.45) is 0. The maximum absolute atomic E-state index is 2.43. The Morgan fingerprint density at radius 2 is 0.889 bits per heavy atom. The number of rotatable bonds is 7. The van der Waals surface area contributed by atoms with Gasteiger partial charge in [-0.2, -0.15) is 0 Å². The summed E-state index contributed by atoms with van der Waals surface area (Å²) in [5, 5.41) is 2.50. The fourth-order valence-electron chi connectivity index (χ4n) is 8.80. The summed E-state index contributed by atoms with van der Waals surface area (Å²) in [7, 11) is 0. The van der Waals surface area contributed by atoms with Crippen molar-refractivity contribution < 1.29 is 0 Å². The van der Waals surface area contributed by atoms with E-state index in [1.807, 2.05) is 0 Å². The average Bonchev–Trinajstić information content (AvgIpc) is 3.57. The van der Waals surface area contributed by atoms with Crippen LogP contribution < -0.4 is 4.90 Å². The molecule has 9 aromatic rings. The molecule has 1 aliphatic carbocycles. The van der Waals surface area contributed by atoms with E-state index in [2.05, 4.69) is 229 Å². The van der Waals surface area contributed by atoms with E-state index >= 15 is 0 Å². The second kappa shape index (κ2) is 13.2. The third-order valence-electron chi connectivity index (χ3n) is 11.1. The Hall–Kier alpha value is -6.96. The molecule has 0 radical (unpaired) electrons. The molecule has 0 aliphatic heterocycles. The van der Waals surface area contributed by atoms with Crippen molar-refractivity contribution in [3.8, 4) is 33.4 Å². The van der Waals surface area contributed by atoms with Crippen molar-refractivity contribution in [1.82, 2.24) is 0 Å². The van der Waals surface area contributed by atoms with Gasteiger partial charge in [0.25, 0.3) is 0 Å². The van der Waals surface area contributed by atoms with Crippen LogP contribution in [-0.4, -0.2) is 0 Å². The van der Waals surface area contributed by atoms with Gasteiger partial charge in [0.15, 0.2) is 0 Å². The Bertz CT molecular complexity index is 2700. The maximum Gasteiger partial charge on any atom is 0.0714 e. The van der Waals surface area contributed by atoms with Gasteiger partial charge in [0.05, 0.1) is 11.1 Å². The first-order chi connectivity index (χ1) is 26.8. The highest BCUT2D eigenvalue weighted by Crippen LogP contribution is 2.59. The van der Waals surface area contributed by atoms with Gasteiger partial charge in [-0.1, -0.05) is 182 Å². The Kier molecular flexibility index (Phi) is 7.78. The molecule has 1 nitrogen and oxygen atoms in total. The first-order valence-electron chi connectivity index (χ1n) is 18.7. The zero-order valence-electron chi connectivity index (χ0n) is 29.8. The van der Waals surface area contributed by atoms with Crippen molar-refractivity contribution in [1.29, 1.82) is 0 Å². The zero-order chi connectivity index (χ0) is 35.9. The Balaban J connectivity index is 1.17. The number of benzene rings is 9. The van der Waals surface area contributed by atoms with Gasteiger partial charge in [-0.05, 0) is 103 Å². The number of hydrogen-bond acceptors (Lipinski definition) is 1. The Morgan fingerprint density at radius 3 is 1.59 bits per heavy atom. The molecule has 10 rings (SSSR count). The van der Waals surface area contributed by atoms with E-state index < -0.39 is 5.41 Å². The SMILES string of the molecule is c1ccc(-c2cc(-c3ccc(N(c4ccccc4)c4cccc5c4-c4ccccc4C5(c4ccccc4)c4ccccc4)cc3)cc3ccccc23)cc1. The number of nitrogens with zero attached hydrogens (tertiary/aromatic N) is 1. The van der Waals surface area contributed by atoms with Gasteiger partial charge in [-0.15, -0.1) is 0 Å². The van der Waals surface area contributed by atoms with Crippen molar-refractivity contribution >= 4 is 27.8 Å². The van der Waals surface area contributed by atoms with E-state index in [1.165, 1.54) is 66.4 Å². The highest BCUT2D eigenvalue weighted by molar-refractivity contribution is 6.01. The summed E-state index contributed by atoms with van der Waals surface area (Å²) in [4.78, 5) is 2.43. The average molecular weight is 688 g/mol. The molecular formula is C53H37N. The van der Waals surface area contributed by atoms with E-state index in [1.54, 1.807) is 0 Å². The van der Waals surface area contributed by atoms with Crippen molar-refractivity contribution in [3.63, 3.8) is 0 Å². The van der Waals surface area contributed by atoms with Gasteiger partial charge < -0.3 is 4.90 Å². The molecule has 54 heavy (non-hydrogen) atoms. The molecule has 0 N–H and O–H groups in total. The van der Waals surface area contributed by atoms with E-state index in [-0.39, 0.29) is 0 Å². The van der Waals surface area contributed by atoms with Crippen LogP contribution in [0.3, 0.4) is 0 Å². The molecule has 0 atom stereocenters. The number of hydrogen-bond donors (Lipinski definition) is 0. The monoisotopic (exact) mass is 687 g/mol. The van der Waals surface area contributed by atoms with Crippen LogP contribution in [0.4, 0.5) is 17.1 Å². The number of fused-ring (bicyclic) bond motifs is 4. The lowest BCUT2D eigenvalue weighted by atomic mass is 9.68. The van der Waals surface area contributed by atoms with Crippen molar-refractivity contribution in [2.45, 2.75) is 5.41 Å². The van der Waals surface area contributed by atoms with Crippen LogP contribution in [0.2, 0.25) is 0 Å². The molecule has 1 heteroatoms. The van der Waals surface area contributed by atoms with Crippen LogP contribution in [0.1, 0.15) is 22.3 Å². The summed E-state index contributed by atoms with van der Waals surface area (Å²) in [6, 6.07) is 81.9. The molecule has 0 saturated heterocycles. The van der Waals surface area contributed by atoms with Crippen LogP contribution in [-0.2, 0) is 5.41 Å². The predicted molar refractivity (Wildman–Crippen MR) is 227 cm³/mol. The van der Waals surface area contributed by atoms with E-state index in [9.17, 15) is 0 Å². The fourth-order valence-corrected chi connectivity index (χ4v) is 8.80. The molecule has 254 valence electrons. The highest BCUT2D eigenvalue weighted by atomic mass is 15.1. The number of para-hydroxylation sites is 1. The second-order valence-corrected chi connectivity index (χ2v) is 14.1. The van der Waals surface area contributed by atoms with E-state index in [0.29, 0.717) is 0 Å². The highest BCUT2D eigenvalue weighted by Gasteiger charge is 2.47. The first kappa shape index (κ1) is 31.7. The van der Waals surface area contributed by atoms with Crippen molar-refractivity contribution in [3.05, 3.63) is 247 Å². The normalized spacial score (nSPS) is 12.6. The van der Waals surface area contributed by atoms with Gasteiger partial charge in [0.1, 0.15) is 0 Å². The van der Waals surface area contributed by atoms with Gasteiger partial charge in [-0.3, -0.25) is 0 Å². The lowest BCUT2D eigenvalue weighted by molar-refractivity contribution is 0.768. The molecule has 1 aliphatic rings. The lowest BCUT2D eigenvalue weighted by Crippen LogP contribution is -2.28. The predicted octanol–water partition coefficient (Wildman–Crippen LogP) is 14.0. The smallest absolute Gasteiger partial charge is 0.0714 e. The van der Waals surface area contributed by atoms with Crippen LogP contribution >= 0.6 is 0 Å². The Labute approximate surface area is 317 Å². The van der Waals surface area contributed by atoms with Crippen molar-refractivity contribution in [2.75, 3.05) is 4.90 Å². The van der Waals surface area contributed by atoms with Gasteiger partial charge in [-0.25, -0.2) is 0 Å². The zero-order valence-corrected chi connectivity index (χ0v) is 29.8. The minimum Gasteiger partial charge on any atom is -0.310 e. The molecule has 0 heterocycles. The minimum atomic E-state index is -0.469. The van der Waals surface area contributed by atoms with Crippen LogP contribution in [0.15, 0.2) is 224 Å². The minimum absolute atomic E-state index is 0.469. The molecule has 0 unspecified atom stereocenters. The molecule has 0 fully saturated rings. The quantitative estimate of drug-likeness (QED) is 0.161. The molecular weight excluding hydrogens is 651 g/mol. The van der Waals surface area contributed by atoms with Crippen LogP contribution in [0, 0.1) is 0 Å². The topological polar surface area (TPSA) is 3.24 Å². The van der Waals surface area contributed by atoms with Crippen LogP contribution in [0.5, 0.6) is 0 Å². The van der Waals surface area contributed by atoms with Gasteiger partial charge in [0, 0.05) is 16.9 Å². The van der Waals surface area contributed by atoms with Gasteiger partial charge in [0.2, 0.25) is 0 Å². The first-order valence-corrected chi connectivity index (χ1v) is 18.7.